The van der Waals surface area contributed by atoms with Gasteiger partial charge in [-0.05, 0) is 35.3 Å². The van der Waals surface area contributed by atoms with Crippen molar-refractivity contribution in [3.63, 3.8) is 0 Å². The van der Waals surface area contributed by atoms with Gasteiger partial charge in [-0.2, -0.15) is 0 Å². The average Bonchev–Trinajstić information content (AvgIpc) is 2.78. The van der Waals surface area contributed by atoms with E-state index >= 15 is 0 Å². The maximum atomic E-state index is 3.36. The highest BCUT2D eigenvalue weighted by Gasteiger charge is 2.41. The Kier molecular flexibility index (Phi) is 2.14. The molecule has 21 heavy (non-hydrogen) atoms. The number of allylic oxidation sites excluding steroid dienone is 4. The Hall–Kier alpha value is -2.48. The number of rotatable bonds is 0. The molecule has 1 aromatic carbocycles. The number of fused-ring (bicyclic) bond motifs is 5. The van der Waals surface area contributed by atoms with Crippen LogP contribution in [0.5, 0.6) is 0 Å². The van der Waals surface area contributed by atoms with Gasteiger partial charge in [-0.3, -0.25) is 0 Å². The molecule has 1 aromatic rings. The minimum Gasteiger partial charge on any atom is -0.387 e. The van der Waals surface area contributed by atoms with Crippen molar-refractivity contribution >= 4 is 5.69 Å². The summed E-state index contributed by atoms with van der Waals surface area (Å²) in [5.74, 6) is 0. The summed E-state index contributed by atoms with van der Waals surface area (Å²) in [4.78, 5) is 2.52. The highest BCUT2D eigenvalue weighted by atomic mass is 15.2. The number of anilines is 1. The van der Waals surface area contributed by atoms with E-state index in [1.54, 1.807) is 0 Å². The molecule has 2 heteroatoms. The van der Waals surface area contributed by atoms with Crippen molar-refractivity contribution in [1.29, 1.82) is 0 Å². The van der Waals surface area contributed by atoms with Gasteiger partial charge in [0.2, 0.25) is 0 Å². The lowest BCUT2D eigenvalue weighted by Crippen LogP contribution is -2.31. The van der Waals surface area contributed by atoms with Crippen LogP contribution in [0.25, 0.3) is 0 Å². The largest absolute Gasteiger partial charge is 0.387 e. The molecule has 1 unspecified atom stereocenters. The maximum absolute atomic E-state index is 3.36. The summed E-state index contributed by atoms with van der Waals surface area (Å²) < 4.78 is 0. The number of nitrogens with one attached hydrogen (secondary N) is 1. The van der Waals surface area contributed by atoms with Crippen LogP contribution in [0, 0.1) is 0 Å². The monoisotopic (exact) mass is 272 g/mol. The van der Waals surface area contributed by atoms with Gasteiger partial charge < -0.3 is 10.2 Å². The van der Waals surface area contributed by atoms with Crippen LogP contribution in [0.3, 0.4) is 0 Å². The Morgan fingerprint density at radius 3 is 3.10 bits per heavy atom. The summed E-state index contributed by atoms with van der Waals surface area (Å²) >= 11 is 0. The van der Waals surface area contributed by atoms with Crippen molar-refractivity contribution in [2.24, 2.45) is 0 Å². The smallest absolute Gasteiger partial charge is 0.0849 e. The summed E-state index contributed by atoms with van der Waals surface area (Å²) in [5.41, 5.74) is 8.30. The highest BCUT2D eigenvalue weighted by Crippen LogP contribution is 2.47. The Morgan fingerprint density at radius 1 is 1.14 bits per heavy atom. The van der Waals surface area contributed by atoms with Crippen molar-refractivity contribution in [1.82, 2.24) is 5.32 Å². The molecule has 0 amide bonds. The Morgan fingerprint density at radius 2 is 2.10 bits per heavy atom. The van der Waals surface area contributed by atoms with Crippen LogP contribution < -0.4 is 10.2 Å². The number of nitrogens with zero attached hydrogens (tertiary/aromatic N) is 1. The molecule has 1 N–H and O–H groups in total. The number of benzene rings is 1. The second kappa shape index (κ2) is 4.01. The second-order valence-electron chi connectivity index (χ2n) is 5.85. The Balaban J connectivity index is 1.82. The van der Waals surface area contributed by atoms with Gasteiger partial charge in [0.25, 0.3) is 0 Å². The quantitative estimate of drug-likeness (QED) is 0.780. The second-order valence-corrected chi connectivity index (χ2v) is 5.85. The lowest BCUT2D eigenvalue weighted by Gasteiger charge is -2.29. The summed E-state index contributed by atoms with van der Waals surface area (Å²) in [7, 11) is 0. The molecule has 5 rings (SSSR count). The molecule has 1 saturated heterocycles. The summed E-state index contributed by atoms with van der Waals surface area (Å²) in [6.07, 6.45) is 14.6. The fourth-order valence-electron chi connectivity index (χ4n) is 3.84. The third-order valence-corrected chi connectivity index (χ3v) is 4.75. The molecule has 0 saturated carbocycles. The number of hydrogen-bond donors (Lipinski definition) is 1. The van der Waals surface area contributed by atoms with Crippen LogP contribution >= 0.6 is 0 Å². The van der Waals surface area contributed by atoms with E-state index in [1.165, 1.54) is 33.7 Å². The van der Waals surface area contributed by atoms with Crippen molar-refractivity contribution in [2.45, 2.75) is 12.5 Å². The molecule has 0 aromatic heterocycles. The Labute approximate surface area is 124 Å². The lowest BCUT2D eigenvalue weighted by atomic mass is 9.91. The molecule has 4 aliphatic rings. The van der Waals surface area contributed by atoms with Crippen LogP contribution in [0.4, 0.5) is 5.69 Å². The topological polar surface area (TPSA) is 15.3 Å². The van der Waals surface area contributed by atoms with Gasteiger partial charge in [0, 0.05) is 29.7 Å². The lowest BCUT2D eigenvalue weighted by molar-refractivity contribution is 0.888. The van der Waals surface area contributed by atoms with Gasteiger partial charge in [-0.1, -0.05) is 42.5 Å². The summed E-state index contributed by atoms with van der Waals surface area (Å²) in [6, 6.07) is 9.14. The first kappa shape index (κ1) is 11.2. The zero-order chi connectivity index (χ0) is 13.8. The van der Waals surface area contributed by atoms with Crippen molar-refractivity contribution < 1.29 is 0 Å². The number of para-hydroxylation sites is 1. The predicted octanol–water partition coefficient (Wildman–Crippen LogP) is 3.22. The minimum absolute atomic E-state index is 0.344. The molecule has 1 aliphatic carbocycles. The van der Waals surface area contributed by atoms with Crippen molar-refractivity contribution in [2.75, 3.05) is 11.4 Å². The molecule has 3 heterocycles. The van der Waals surface area contributed by atoms with Gasteiger partial charge in [-0.25, -0.2) is 0 Å². The molecule has 3 aliphatic heterocycles. The molecule has 0 spiro atoms. The molecule has 2 nitrogen and oxygen atoms in total. The molecular weight excluding hydrogens is 256 g/mol. The number of hydrogen-bond acceptors (Lipinski definition) is 2. The van der Waals surface area contributed by atoms with E-state index in [9.17, 15) is 0 Å². The average molecular weight is 272 g/mol. The van der Waals surface area contributed by atoms with E-state index < -0.39 is 0 Å². The van der Waals surface area contributed by atoms with Crippen LogP contribution in [0.2, 0.25) is 0 Å². The predicted molar refractivity (Wildman–Crippen MR) is 85.9 cm³/mol. The standard InChI is InChI=1S/C19H16N2/c1-2-7-17-13(4-1)8-9-14-5-3-6-15-16-12-20-11-10-18(16)21(17)19(14)15/h1-7,9-10,12,19-20H,8,11H2. The van der Waals surface area contributed by atoms with Crippen molar-refractivity contribution in [3.8, 4) is 0 Å². The van der Waals surface area contributed by atoms with Crippen LogP contribution in [-0.4, -0.2) is 12.6 Å². The van der Waals surface area contributed by atoms with Gasteiger partial charge in [0.05, 0.1) is 6.04 Å². The zero-order valence-electron chi connectivity index (χ0n) is 11.7. The number of dihydropyridines is 1. The fourth-order valence-corrected chi connectivity index (χ4v) is 3.84. The van der Waals surface area contributed by atoms with Crippen molar-refractivity contribution in [3.05, 3.63) is 88.8 Å². The zero-order valence-corrected chi connectivity index (χ0v) is 11.7. The third kappa shape index (κ3) is 1.42. The normalized spacial score (nSPS) is 24.6. The molecule has 102 valence electrons. The first-order chi connectivity index (χ1) is 10.4. The van der Waals surface area contributed by atoms with E-state index in [1.807, 2.05) is 0 Å². The van der Waals surface area contributed by atoms with Crippen LogP contribution in [0.15, 0.2) is 83.3 Å². The molecular formula is C19H16N2. The maximum Gasteiger partial charge on any atom is 0.0849 e. The van der Waals surface area contributed by atoms with Gasteiger partial charge in [-0.15, -0.1) is 0 Å². The summed E-state index contributed by atoms with van der Waals surface area (Å²) in [6.45, 7) is 0.907. The molecule has 0 bridgehead atoms. The van der Waals surface area contributed by atoms with E-state index in [-0.39, 0.29) is 0 Å². The fraction of sp³-hybridized carbons (Fsp3) is 0.158. The van der Waals surface area contributed by atoms with E-state index in [2.05, 4.69) is 71.1 Å². The van der Waals surface area contributed by atoms with Gasteiger partial charge in [0.1, 0.15) is 0 Å². The van der Waals surface area contributed by atoms with Gasteiger partial charge in [0.15, 0.2) is 0 Å². The van der Waals surface area contributed by atoms with Crippen LogP contribution in [0.1, 0.15) is 5.56 Å². The van der Waals surface area contributed by atoms with E-state index in [0.29, 0.717) is 6.04 Å². The highest BCUT2D eigenvalue weighted by molar-refractivity contribution is 5.78. The van der Waals surface area contributed by atoms with Gasteiger partial charge >= 0.3 is 0 Å². The van der Waals surface area contributed by atoms with E-state index in [0.717, 1.165) is 13.0 Å². The Bertz CT molecular complexity index is 790. The molecule has 1 atom stereocenters. The van der Waals surface area contributed by atoms with E-state index in [4.69, 9.17) is 0 Å². The third-order valence-electron chi connectivity index (χ3n) is 4.75. The minimum atomic E-state index is 0.344. The first-order valence-electron chi connectivity index (χ1n) is 7.53. The van der Waals surface area contributed by atoms with Crippen LogP contribution in [-0.2, 0) is 6.42 Å². The first-order valence-corrected chi connectivity index (χ1v) is 7.53. The molecule has 0 radical (unpaired) electrons. The SMILES string of the molecule is C1=CC2=CCc3ccccc3N3C4=CCNC=C4C(=C1)C23. The summed E-state index contributed by atoms with van der Waals surface area (Å²) in [5, 5.41) is 3.36. The molecule has 1 fully saturated rings.